The molecule has 0 aromatic heterocycles. The Morgan fingerprint density at radius 1 is 0.842 bits per heavy atom. The Hall–Kier alpha value is -0.330. The van der Waals surface area contributed by atoms with Gasteiger partial charge in [-0.05, 0) is 44.4 Å². The van der Waals surface area contributed by atoms with Crippen LogP contribution >= 0.6 is 0 Å². The van der Waals surface area contributed by atoms with E-state index in [1.807, 2.05) is 0 Å². The third kappa shape index (κ3) is 4.61. The van der Waals surface area contributed by atoms with Crippen molar-refractivity contribution >= 4 is 5.78 Å². The van der Waals surface area contributed by atoms with Crippen LogP contribution in [0.1, 0.15) is 90.4 Å². The lowest BCUT2D eigenvalue weighted by molar-refractivity contribution is -0.128. The second-order valence-electron chi connectivity index (χ2n) is 6.95. The SMILES string of the molecule is CCCCC1CCC(C(=O)C2CCCCCC2)CC1. The van der Waals surface area contributed by atoms with E-state index in [2.05, 4.69) is 6.92 Å². The van der Waals surface area contributed by atoms with Gasteiger partial charge in [-0.15, -0.1) is 0 Å². The van der Waals surface area contributed by atoms with E-state index in [0.29, 0.717) is 17.6 Å². The van der Waals surface area contributed by atoms with Gasteiger partial charge in [-0.1, -0.05) is 51.9 Å². The Kier molecular flexibility index (Phi) is 6.40. The van der Waals surface area contributed by atoms with Crippen LogP contribution in [0.25, 0.3) is 0 Å². The first-order valence-corrected chi connectivity index (χ1v) is 8.85. The quantitative estimate of drug-likeness (QED) is 0.597. The van der Waals surface area contributed by atoms with Gasteiger partial charge in [-0.25, -0.2) is 0 Å². The molecule has 2 saturated carbocycles. The van der Waals surface area contributed by atoms with E-state index >= 15 is 0 Å². The predicted molar refractivity (Wildman–Crippen MR) is 81.2 cm³/mol. The highest BCUT2D eigenvalue weighted by molar-refractivity contribution is 5.83. The molecule has 0 radical (unpaired) electrons. The van der Waals surface area contributed by atoms with E-state index in [1.165, 1.54) is 83.5 Å². The lowest BCUT2D eigenvalue weighted by atomic mass is 9.75. The summed E-state index contributed by atoms with van der Waals surface area (Å²) in [4.78, 5) is 12.6. The minimum Gasteiger partial charge on any atom is -0.299 e. The number of ketones is 1. The largest absolute Gasteiger partial charge is 0.299 e. The Morgan fingerprint density at radius 2 is 1.42 bits per heavy atom. The summed E-state index contributed by atoms with van der Waals surface area (Å²) in [6, 6.07) is 0. The number of Topliss-reactive ketones (excluding diaryl/α,β-unsaturated/α-hetero) is 1. The smallest absolute Gasteiger partial charge is 0.139 e. The fourth-order valence-corrected chi connectivity index (χ4v) is 4.13. The molecular formula is C18H32O. The molecule has 110 valence electrons. The van der Waals surface area contributed by atoms with Crippen LogP contribution in [0.2, 0.25) is 0 Å². The molecule has 0 atom stereocenters. The van der Waals surface area contributed by atoms with Crippen molar-refractivity contribution in [2.75, 3.05) is 0 Å². The monoisotopic (exact) mass is 264 g/mol. The Balaban J connectivity index is 1.75. The molecule has 0 aliphatic heterocycles. The Labute approximate surface area is 119 Å². The highest BCUT2D eigenvalue weighted by Crippen LogP contribution is 2.36. The number of unbranched alkanes of at least 4 members (excludes halogenated alkanes) is 1. The zero-order chi connectivity index (χ0) is 13.5. The van der Waals surface area contributed by atoms with Crippen molar-refractivity contribution in [1.82, 2.24) is 0 Å². The van der Waals surface area contributed by atoms with E-state index in [4.69, 9.17) is 0 Å². The molecular weight excluding hydrogens is 232 g/mol. The molecule has 19 heavy (non-hydrogen) atoms. The van der Waals surface area contributed by atoms with Gasteiger partial charge >= 0.3 is 0 Å². The minimum atomic E-state index is 0.430. The normalized spacial score (nSPS) is 29.9. The number of hydrogen-bond donors (Lipinski definition) is 0. The van der Waals surface area contributed by atoms with Gasteiger partial charge in [-0.2, -0.15) is 0 Å². The second-order valence-corrected chi connectivity index (χ2v) is 6.95. The summed E-state index contributed by atoms with van der Waals surface area (Å²) < 4.78 is 0. The van der Waals surface area contributed by atoms with Gasteiger partial charge in [-0.3, -0.25) is 4.79 Å². The predicted octanol–water partition coefficient (Wildman–Crippen LogP) is 5.52. The van der Waals surface area contributed by atoms with Crippen molar-refractivity contribution in [1.29, 1.82) is 0 Å². The third-order valence-corrected chi connectivity index (χ3v) is 5.47. The van der Waals surface area contributed by atoms with E-state index in [0.717, 1.165) is 5.92 Å². The van der Waals surface area contributed by atoms with Crippen LogP contribution in [0, 0.1) is 17.8 Å². The highest BCUT2D eigenvalue weighted by atomic mass is 16.1. The summed E-state index contributed by atoms with van der Waals surface area (Å²) in [6.45, 7) is 2.28. The summed E-state index contributed by atoms with van der Waals surface area (Å²) in [5, 5.41) is 0. The van der Waals surface area contributed by atoms with Crippen molar-refractivity contribution in [2.45, 2.75) is 90.4 Å². The van der Waals surface area contributed by atoms with E-state index in [-0.39, 0.29) is 0 Å². The maximum atomic E-state index is 12.6. The van der Waals surface area contributed by atoms with Gasteiger partial charge in [0.15, 0.2) is 0 Å². The van der Waals surface area contributed by atoms with Crippen LogP contribution in [0.4, 0.5) is 0 Å². The van der Waals surface area contributed by atoms with E-state index < -0.39 is 0 Å². The molecule has 0 aromatic rings. The summed E-state index contributed by atoms with van der Waals surface area (Å²) in [5.74, 6) is 2.44. The fourth-order valence-electron chi connectivity index (χ4n) is 4.13. The molecule has 2 aliphatic carbocycles. The highest BCUT2D eigenvalue weighted by Gasteiger charge is 2.30. The zero-order valence-corrected chi connectivity index (χ0v) is 12.8. The second kappa shape index (κ2) is 8.07. The molecule has 0 spiro atoms. The molecule has 2 rings (SSSR count). The molecule has 2 aliphatic rings. The third-order valence-electron chi connectivity index (χ3n) is 5.47. The summed E-state index contributed by atoms with van der Waals surface area (Å²) in [6.07, 6.45) is 16.8. The standard InChI is InChI=1S/C18H32O/c1-2-3-8-15-11-13-17(14-12-15)18(19)16-9-6-4-5-7-10-16/h15-17H,2-14H2,1H3. The lowest BCUT2D eigenvalue weighted by Crippen LogP contribution is -2.27. The first kappa shape index (κ1) is 15.1. The molecule has 0 heterocycles. The Bertz CT molecular complexity index is 255. The zero-order valence-electron chi connectivity index (χ0n) is 12.8. The Morgan fingerprint density at radius 3 is 2.00 bits per heavy atom. The van der Waals surface area contributed by atoms with Gasteiger partial charge in [0.25, 0.3) is 0 Å². The number of carbonyl (C=O) groups excluding carboxylic acids is 1. The molecule has 0 saturated heterocycles. The molecule has 1 heteroatoms. The van der Waals surface area contributed by atoms with E-state index in [1.54, 1.807) is 0 Å². The number of hydrogen-bond acceptors (Lipinski definition) is 1. The van der Waals surface area contributed by atoms with Crippen molar-refractivity contribution < 1.29 is 4.79 Å². The van der Waals surface area contributed by atoms with Crippen LogP contribution in [-0.4, -0.2) is 5.78 Å². The molecule has 0 unspecified atom stereocenters. The molecule has 1 nitrogen and oxygen atoms in total. The average molecular weight is 264 g/mol. The molecule has 2 fully saturated rings. The number of rotatable bonds is 5. The lowest BCUT2D eigenvalue weighted by Gasteiger charge is -2.29. The maximum Gasteiger partial charge on any atom is 0.139 e. The first-order chi connectivity index (χ1) is 9.31. The van der Waals surface area contributed by atoms with Crippen LogP contribution < -0.4 is 0 Å². The van der Waals surface area contributed by atoms with Gasteiger partial charge in [0.2, 0.25) is 0 Å². The molecule has 0 aromatic carbocycles. The minimum absolute atomic E-state index is 0.430. The summed E-state index contributed by atoms with van der Waals surface area (Å²) in [7, 11) is 0. The van der Waals surface area contributed by atoms with Crippen LogP contribution in [0.5, 0.6) is 0 Å². The summed E-state index contributed by atoms with van der Waals surface area (Å²) >= 11 is 0. The van der Waals surface area contributed by atoms with Crippen molar-refractivity contribution in [2.24, 2.45) is 17.8 Å². The average Bonchev–Trinajstić information content (AvgIpc) is 2.74. The summed E-state index contributed by atoms with van der Waals surface area (Å²) in [5.41, 5.74) is 0. The van der Waals surface area contributed by atoms with Crippen LogP contribution in [0.15, 0.2) is 0 Å². The van der Waals surface area contributed by atoms with Crippen molar-refractivity contribution in [3.63, 3.8) is 0 Å². The topological polar surface area (TPSA) is 17.1 Å². The maximum absolute atomic E-state index is 12.6. The van der Waals surface area contributed by atoms with Gasteiger partial charge in [0.1, 0.15) is 5.78 Å². The van der Waals surface area contributed by atoms with Crippen molar-refractivity contribution in [3.8, 4) is 0 Å². The number of carbonyl (C=O) groups is 1. The van der Waals surface area contributed by atoms with Crippen LogP contribution in [0.3, 0.4) is 0 Å². The first-order valence-electron chi connectivity index (χ1n) is 8.85. The van der Waals surface area contributed by atoms with Crippen molar-refractivity contribution in [3.05, 3.63) is 0 Å². The van der Waals surface area contributed by atoms with Gasteiger partial charge in [0, 0.05) is 11.8 Å². The van der Waals surface area contributed by atoms with Crippen LogP contribution in [-0.2, 0) is 4.79 Å². The molecule has 0 N–H and O–H groups in total. The van der Waals surface area contributed by atoms with Gasteiger partial charge in [0.05, 0.1) is 0 Å². The molecule has 0 amide bonds. The molecule has 0 bridgehead atoms. The fraction of sp³-hybridized carbons (Fsp3) is 0.944. The van der Waals surface area contributed by atoms with E-state index in [9.17, 15) is 4.79 Å². The van der Waals surface area contributed by atoms with Gasteiger partial charge < -0.3 is 0 Å².